The molecular formula is C49H66N8O13. The molecule has 6 amide bonds. The number of ether oxygens (including phenoxy) is 6. The molecule has 2 aromatic rings. The molecule has 1 aromatic carbocycles. The van der Waals surface area contributed by atoms with Gasteiger partial charge in [-0.2, -0.15) is 0 Å². The first kappa shape index (κ1) is 53.4. The van der Waals surface area contributed by atoms with Crippen molar-refractivity contribution in [2.24, 2.45) is 10.7 Å². The second kappa shape index (κ2) is 27.5. The highest BCUT2D eigenvalue weighted by Gasteiger charge is 2.51. The van der Waals surface area contributed by atoms with Gasteiger partial charge >= 0.3 is 0 Å². The average molecular weight is 975 g/mol. The number of fused-ring (bicyclic) bond motifs is 2. The van der Waals surface area contributed by atoms with Crippen LogP contribution in [0.15, 0.2) is 53.2 Å². The minimum absolute atomic E-state index is 0.0285. The zero-order valence-corrected chi connectivity index (χ0v) is 40.0. The maximum atomic E-state index is 13.9. The summed E-state index contributed by atoms with van der Waals surface area (Å²) in [4.78, 5) is 88.7. The van der Waals surface area contributed by atoms with E-state index in [1.165, 1.54) is 0 Å². The Kier molecular flexibility index (Phi) is 20.9. The number of benzene rings is 1. The number of aliphatic hydroxyl groups excluding tert-OH is 1. The lowest BCUT2D eigenvalue weighted by Crippen LogP contribution is -2.41. The average Bonchev–Trinajstić information content (AvgIpc) is 4.14. The Balaban J connectivity index is 0.785. The number of aliphatic hydroxyl groups is 1. The molecule has 4 aliphatic rings. The van der Waals surface area contributed by atoms with Gasteiger partial charge in [-0.1, -0.05) is 19.1 Å². The van der Waals surface area contributed by atoms with Gasteiger partial charge in [-0.3, -0.25) is 38.7 Å². The van der Waals surface area contributed by atoms with Crippen molar-refractivity contribution in [1.29, 1.82) is 0 Å². The Bertz CT molecular complexity index is 2220. The maximum Gasteiger partial charge on any atom is 0.254 e. The molecule has 0 atom stereocenters. The first-order valence-corrected chi connectivity index (χ1v) is 23.9. The van der Waals surface area contributed by atoms with Gasteiger partial charge < -0.3 is 59.7 Å². The third kappa shape index (κ3) is 15.8. The first-order chi connectivity index (χ1) is 34.0. The third-order valence-corrected chi connectivity index (χ3v) is 11.9. The minimum atomic E-state index is -0.742. The van der Waals surface area contributed by atoms with Crippen molar-refractivity contribution in [3.05, 3.63) is 70.6 Å². The molecule has 5 N–H and O–H groups in total. The number of nitrogens with one attached hydrogen (secondary N) is 2. The summed E-state index contributed by atoms with van der Waals surface area (Å²) in [7, 11) is 0. The molecule has 380 valence electrons. The van der Waals surface area contributed by atoms with Gasteiger partial charge in [0.05, 0.1) is 115 Å². The van der Waals surface area contributed by atoms with Crippen LogP contribution >= 0.6 is 0 Å². The number of hydrogen-bond acceptors (Lipinski definition) is 16. The largest absolute Gasteiger partial charge is 0.395 e. The summed E-state index contributed by atoms with van der Waals surface area (Å²) >= 11 is 0. The third-order valence-electron chi connectivity index (χ3n) is 11.9. The van der Waals surface area contributed by atoms with E-state index < -0.39 is 23.1 Å². The molecular weight excluding hydrogens is 909 g/mol. The van der Waals surface area contributed by atoms with E-state index in [0.717, 1.165) is 45.9 Å². The number of nitrogens with zero attached hydrogens (tertiary/aromatic N) is 5. The molecule has 21 nitrogen and oxygen atoms in total. The molecule has 0 spiro atoms. The van der Waals surface area contributed by atoms with E-state index in [0.29, 0.717) is 128 Å². The Hall–Kier alpha value is -5.94. The standard InChI is InChI=1S/C49H66N8O13/c1-2-12-55(14-15-58)47(63)36-28-35-3-4-38(31-41(35)54-42(50)30-36)49(9-10-49)48(64)53-39-29-37-33-56(13-7-40(37)52-32-39)44(60)8-16-65-18-20-67-22-24-69-26-27-70-25-23-68-21-19-66-17-11-51-43(59)34-57-45(61)5-6-46(57)62/h3-6,28-29,31-32,58H,2,7-27,30,33-34H2,1H3,(H2,50,54)(H,51,59)(H,53,64). The van der Waals surface area contributed by atoms with Gasteiger partial charge in [0.2, 0.25) is 23.6 Å². The fraction of sp³-hybridized carbons (Fsp3) is 0.551. The van der Waals surface area contributed by atoms with Crippen molar-refractivity contribution in [2.45, 2.75) is 57.4 Å². The molecule has 21 heteroatoms. The number of pyridine rings is 1. The quantitative estimate of drug-likeness (QED) is 0.0611. The van der Waals surface area contributed by atoms with Crippen LogP contribution in [-0.4, -0.2) is 185 Å². The molecule has 3 aliphatic heterocycles. The van der Waals surface area contributed by atoms with Crippen molar-refractivity contribution in [1.82, 2.24) is 25.0 Å². The highest BCUT2D eigenvalue weighted by molar-refractivity contribution is 6.14. The van der Waals surface area contributed by atoms with Crippen molar-refractivity contribution in [2.75, 3.05) is 124 Å². The summed E-state index contributed by atoms with van der Waals surface area (Å²) in [5.41, 5.74) is 10.5. The van der Waals surface area contributed by atoms with E-state index in [4.69, 9.17) is 34.2 Å². The van der Waals surface area contributed by atoms with E-state index in [9.17, 15) is 33.9 Å². The van der Waals surface area contributed by atoms with Gasteiger partial charge in [0.25, 0.3) is 11.8 Å². The van der Waals surface area contributed by atoms with E-state index in [2.05, 4.69) is 20.6 Å². The van der Waals surface area contributed by atoms with E-state index in [-0.39, 0.29) is 70.0 Å². The summed E-state index contributed by atoms with van der Waals surface area (Å²) < 4.78 is 33.1. The number of anilines is 1. The van der Waals surface area contributed by atoms with Gasteiger partial charge in [0.1, 0.15) is 12.4 Å². The van der Waals surface area contributed by atoms with Crippen LogP contribution in [-0.2, 0) is 75.6 Å². The summed E-state index contributed by atoms with van der Waals surface area (Å²) in [6.45, 7) is 7.77. The van der Waals surface area contributed by atoms with Crippen LogP contribution in [0.25, 0.3) is 6.08 Å². The summed E-state index contributed by atoms with van der Waals surface area (Å²) in [6, 6.07) is 7.56. The normalized spacial score (nSPS) is 15.7. The first-order valence-electron chi connectivity index (χ1n) is 23.9. The Morgan fingerprint density at radius 1 is 0.843 bits per heavy atom. The number of amides is 6. The predicted octanol–water partition coefficient (Wildman–Crippen LogP) is 1.17. The molecule has 0 radical (unpaired) electrons. The Morgan fingerprint density at radius 2 is 1.47 bits per heavy atom. The smallest absolute Gasteiger partial charge is 0.254 e. The SMILES string of the molecule is CCCN(CCO)C(=O)C1=Cc2ccc(C3(C(=O)Nc4cnc5c(c4)CN(C(=O)CCOCCOCCOCCOCCOCCOCCNC(=O)CN4C(=O)C=CC4=O)CC5)CC3)cc2N=C(N)C1. The zero-order valence-electron chi connectivity index (χ0n) is 40.0. The molecule has 1 aromatic heterocycles. The van der Waals surface area contributed by atoms with Crippen molar-refractivity contribution in [3.8, 4) is 0 Å². The van der Waals surface area contributed by atoms with Crippen LogP contribution < -0.4 is 16.4 Å². The topological polar surface area (TPSA) is 263 Å². The van der Waals surface area contributed by atoms with Crippen LogP contribution in [0, 0.1) is 0 Å². The van der Waals surface area contributed by atoms with E-state index >= 15 is 0 Å². The molecule has 1 aliphatic carbocycles. The predicted molar refractivity (Wildman–Crippen MR) is 256 cm³/mol. The van der Waals surface area contributed by atoms with Gasteiger partial charge in [-0.05, 0) is 48.6 Å². The monoisotopic (exact) mass is 974 g/mol. The van der Waals surface area contributed by atoms with Gasteiger partial charge in [-0.25, -0.2) is 4.99 Å². The maximum absolute atomic E-state index is 13.9. The fourth-order valence-electron chi connectivity index (χ4n) is 8.03. The highest BCUT2D eigenvalue weighted by Crippen LogP contribution is 2.50. The summed E-state index contributed by atoms with van der Waals surface area (Å²) in [6.07, 6.45) is 8.82. The van der Waals surface area contributed by atoms with Crippen LogP contribution in [0.2, 0.25) is 0 Å². The minimum Gasteiger partial charge on any atom is -0.395 e. The molecule has 0 bridgehead atoms. The van der Waals surface area contributed by atoms with Crippen LogP contribution in [0.3, 0.4) is 0 Å². The number of nitrogens with two attached hydrogens (primary N) is 1. The van der Waals surface area contributed by atoms with Crippen LogP contribution in [0.5, 0.6) is 0 Å². The number of carbonyl (C=O) groups excluding carboxylic acids is 6. The second-order valence-electron chi connectivity index (χ2n) is 17.0. The summed E-state index contributed by atoms with van der Waals surface area (Å²) in [5, 5.41) is 15.2. The number of hydrogen-bond donors (Lipinski definition) is 4. The highest BCUT2D eigenvalue weighted by atomic mass is 16.6. The van der Waals surface area contributed by atoms with Crippen molar-refractivity contribution < 1.29 is 62.3 Å². The lowest BCUT2D eigenvalue weighted by Gasteiger charge is -2.29. The van der Waals surface area contributed by atoms with Gasteiger partial charge in [0.15, 0.2) is 0 Å². The fourth-order valence-corrected chi connectivity index (χ4v) is 8.03. The number of imide groups is 1. The van der Waals surface area contributed by atoms with Crippen LogP contribution in [0.4, 0.5) is 11.4 Å². The number of aromatic nitrogens is 1. The number of carbonyl (C=O) groups is 6. The Morgan fingerprint density at radius 3 is 2.09 bits per heavy atom. The molecule has 6 rings (SSSR count). The second-order valence-corrected chi connectivity index (χ2v) is 17.0. The van der Waals surface area contributed by atoms with Gasteiger partial charge in [0, 0.05) is 74.5 Å². The lowest BCUT2D eigenvalue weighted by atomic mass is 9.92. The lowest BCUT2D eigenvalue weighted by molar-refractivity contribution is -0.141. The molecule has 70 heavy (non-hydrogen) atoms. The molecule has 0 saturated heterocycles. The number of rotatable bonds is 31. The molecule has 1 saturated carbocycles. The number of amidine groups is 1. The summed E-state index contributed by atoms with van der Waals surface area (Å²) in [5.74, 6) is -1.51. The molecule has 4 heterocycles. The van der Waals surface area contributed by atoms with Gasteiger partial charge in [-0.15, -0.1) is 0 Å². The number of aliphatic imine (C=N–C) groups is 1. The van der Waals surface area contributed by atoms with E-state index in [1.54, 1.807) is 22.1 Å². The Labute approximate surface area is 407 Å². The van der Waals surface area contributed by atoms with Crippen molar-refractivity contribution in [3.63, 3.8) is 0 Å². The van der Waals surface area contributed by atoms with Crippen LogP contribution in [0.1, 0.15) is 61.4 Å². The zero-order chi connectivity index (χ0) is 49.7. The molecule has 0 unspecified atom stereocenters. The molecule has 1 fully saturated rings. The van der Waals surface area contributed by atoms with E-state index in [1.807, 2.05) is 31.2 Å². The van der Waals surface area contributed by atoms with Crippen molar-refractivity contribution >= 4 is 58.7 Å².